The molecule has 0 atom stereocenters. The zero-order valence-electron chi connectivity index (χ0n) is 10.8. The third-order valence-electron chi connectivity index (χ3n) is 3.35. The van der Waals surface area contributed by atoms with Crippen molar-refractivity contribution in [2.24, 2.45) is 5.41 Å². The number of hydrogen-bond donors (Lipinski definition) is 0. The number of aromatic nitrogens is 2. The molecule has 0 aliphatic heterocycles. The van der Waals surface area contributed by atoms with Gasteiger partial charge in [-0.15, -0.1) is 0 Å². The van der Waals surface area contributed by atoms with Gasteiger partial charge in [0.15, 0.2) is 5.82 Å². The number of nitrogens with zero attached hydrogens (tertiary/aromatic N) is 2. The van der Waals surface area contributed by atoms with Gasteiger partial charge in [0, 0.05) is 11.3 Å². The first-order chi connectivity index (χ1) is 7.97. The lowest BCUT2D eigenvalue weighted by molar-refractivity contribution is -0.125. The topological polar surface area (TPSA) is 56.0 Å². The molecule has 0 N–H and O–H groups in total. The highest BCUT2D eigenvalue weighted by Crippen LogP contribution is 2.32. The summed E-state index contributed by atoms with van der Waals surface area (Å²) < 4.78 is 5.16. The molecule has 1 aliphatic carbocycles. The Kier molecular flexibility index (Phi) is 3.31. The van der Waals surface area contributed by atoms with Crippen LogP contribution in [0.3, 0.4) is 0 Å². The van der Waals surface area contributed by atoms with Crippen LogP contribution in [0.4, 0.5) is 0 Å². The number of hydrogen-bond acceptors (Lipinski definition) is 4. The van der Waals surface area contributed by atoms with E-state index in [1.54, 1.807) is 0 Å². The van der Waals surface area contributed by atoms with Crippen LogP contribution in [0.15, 0.2) is 4.52 Å². The fourth-order valence-corrected chi connectivity index (χ4v) is 2.09. The Morgan fingerprint density at radius 1 is 1.35 bits per heavy atom. The maximum Gasteiger partial charge on any atom is 0.234 e. The summed E-state index contributed by atoms with van der Waals surface area (Å²) in [4.78, 5) is 16.2. The summed E-state index contributed by atoms with van der Waals surface area (Å²) in [5, 5.41) is 3.99. The molecule has 17 heavy (non-hydrogen) atoms. The summed E-state index contributed by atoms with van der Waals surface area (Å²) >= 11 is 0. The molecule has 0 unspecified atom stereocenters. The molecule has 0 saturated heterocycles. The van der Waals surface area contributed by atoms with Crippen molar-refractivity contribution < 1.29 is 9.32 Å². The second-order valence-electron chi connectivity index (χ2n) is 5.88. The van der Waals surface area contributed by atoms with Crippen molar-refractivity contribution in [3.63, 3.8) is 0 Å². The van der Waals surface area contributed by atoms with Crippen molar-refractivity contribution in [2.75, 3.05) is 0 Å². The summed E-state index contributed by atoms with van der Waals surface area (Å²) in [7, 11) is 0. The molecule has 4 nitrogen and oxygen atoms in total. The average molecular weight is 236 g/mol. The third kappa shape index (κ3) is 2.93. The van der Waals surface area contributed by atoms with Gasteiger partial charge in [-0.3, -0.25) is 4.79 Å². The fraction of sp³-hybridized carbons (Fsp3) is 0.769. The number of carbonyl (C=O) groups excluding carboxylic acids is 1. The predicted octanol–water partition coefficient (Wildman–Crippen LogP) is 2.88. The van der Waals surface area contributed by atoms with Gasteiger partial charge in [-0.2, -0.15) is 4.98 Å². The van der Waals surface area contributed by atoms with Crippen molar-refractivity contribution in [2.45, 2.75) is 58.8 Å². The zero-order chi connectivity index (χ0) is 12.5. The molecule has 1 saturated carbocycles. The maximum absolute atomic E-state index is 11.8. The predicted molar refractivity (Wildman–Crippen MR) is 63.7 cm³/mol. The van der Waals surface area contributed by atoms with Gasteiger partial charge >= 0.3 is 0 Å². The first-order valence-corrected chi connectivity index (χ1v) is 6.32. The molecule has 4 heteroatoms. The van der Waals surface area contributed by atoms with Crippen molar-refractivity contribution in [3.8, 4) is 0 Å². The molecule has 1 heterocycles. The molecule has 1 fully saturated rings. The number of carbonyl (C=O) groups is 1. The van der Waals surface area contributed by atoms with E-state index >= 15 is 0 Å². The van der Waals surface area contributed by atoms with Crippen LogP contribution in [-0.2, 0) is 11.2 Å². The molecule has 0 bridgehead atoms. The molecule has 2 rings (SSSR count). The van der Waals surface area contributed by atoms with Gasteiger partial charge in [0.25, 0.3) is 0 Å². The second-order valence-corrected chi connectivity index (χ2v) is 5.88. The summed E-state index contributed by atoms with van der Waals surface area (Å²) in [6.45, 7) is 5.72. The Bertz CT molecular complexity index is 398. The summed E-state index contributed by atoms with van der Waals surface area (Å²) in [5.41, 5.74) is -0.345. The Hall–Kier alpha value is -1.19. The quantitative estimate of drug-likeness (QED) is 0.809. The molecule has 0 amide bonds. The molecular weight excluding hydrogens is 216 g/mol. The van der Waals surface area contributed by atoms with Crippen LogP contribution in [0.1, 0.15) is 64.1 Å². The second kappa shape index (κ2) is 4.59. The lowest BCUT2D eigenvalue weighted by Gasteiger charge is -2.14. The van der Waals surface area contributed by atoms with Crippen LogP contribution in [0.5, 0.6) is 0 Å². The van der Waals surface area contributed by atoms with Gasteiger partial charge in [-0.25, -0.2) is 0 Å². The van der Waals surface area contributed by atoms with Crippen molar-refractivity contribution >= 4 is 5.78 Å². The molecular formula is C13H20N2O2. The number of rotatable bonds is 3. The van der Waals surface area contributed by atoms with Crippen LogP contribution in [-0.4, -0.2) is 15.9 Å². The Morgan fingerprint density at radius 2 is 2.00 bits per heavy atom. The SMILES string of the molecule is CC(C)(C)C(=O)Cc1nc(C2CCCC2)no1. The molecule has 94 valence electrons. The summed E-state index contributed by atoms with van der Waals surface area (Å²) in [6.07, 6.45) is 5.03. The maximum atomic E-state index is 11.8. The standard InChI is InChI=1S/C13H20N2O2/c1-13(2,3)10(16)8-11-14-12(15-17-11)9-6-4-5-7-9/h9H,4-8H2,1-3H3. The minimum absolute atomic E-state index is 0.138. The normalized spacial score (nSPS) is 17.6. The minimum atomic E-state index is -0.345. The molecule has 0 spiro atoms. The Morgan fingerprint density at radius 3 is 2.59 bits per heavy atom. The van der Waals surface area contributed by atoms with E-state index in [0.717, 1.165) is 18.7 Å². The van der Waals surface area contributed by atoms with Crippen LogP contribution in [0.2, 0.25) is 0 Å². The number of Topliss-reactive ketones (excluding diaryl/α,β-unsaturated/α-hetero) is 1. The lowest BCUT2D eigenvalue weighted by Crippen LogP contribution is -2.22. The molecule has 1 aromatic rings. The van der Waals surface area contributed by atoms with E-state index in [4.69, 9.17) is 4.52 Å². The van der Waals surface area contributed by atoms with Gasteiger partial charge in [0.05, 0.1) is 6.42 Å². The highest BCUT2D eigenvalue weighted by molar-refractivity contribution is 5.84. The van der Waals surface area contributed by atoms with E-state index < -0.39 is 0 Å². The Balaban J connectivity index is 2.01. The van der Waals surface area contributed by atoms with E-state index in [0.29, 0.717) is 11.8 Å². The highest BCUT2D eigenvalue weighted by Gasteiger charge is 2.26. The first kappa shape index (κ1) is 12.3. The Labute approximate surface area is 102 Å². The monoisotopic (exact) mass is 236 g/mol. The van der Waals surface area contributed by atoms with Gasteiger partial charge in [-0.05, 0) is 12.8 Å². The van der Waals surface area contributed by atoms with E-state index in [1.807, 2.05) is 20.8 Å². The van der Waals surface area contributed by atoms with Crippen molar-refractivity contribution in [1.29, 1.82) is 0 Å². The van der Waals surface area contributed by atoms with Crippen LogP contribution < -0.4 is 0 Å². The number of ketones is 1. The molecule has 0 radical (unpaired) electrons. The van der Waals surface area contributed by atoms with Gasteiger partial charge in [0.2, 0.25) is 5.89 Å². The largest absolute Gasteiger partial charge is 0.339 e. The van der Waals surface area contributed by atoms with Crippen molar-refractivity contribution in [1.82, 2.24) is 10.1 Å². The highest BCUT2D eigenvalue weighted by atomic mass is 16.5. The van der Waals surface area contributed by atoms with Crippen molar-refractivity contribution in [3.05, 3.63) is 11.7 Å². The van der Waals surface area contributed by atoms with Gasteiger partial charge in [-0.1, -0.05) is 38.8 Å². The van der Waals surface area contributed by atoms with Crippen LogP contribution in [0.25, 0.3) is 0 Å². The van der Waals surface area contributed by atoms with E-state index in [9.17, 15) is 4.79 Å². The molecule has 0 aromatic carbocycles. The van der Waals surface area contributed by atoms with Crippen LogP contribution in [0, 0.1) is 5.41 Å². The molecule has 1 aliphatic rings. The minimum Gasteiger partial charge on any atom is -0.339 e. The van der Waals surface area contributed by atoms with Gasteiger partial charge < -0.3 is 4.52 Å². The van der Waals surface area contributed by atoms with E-state index in [2.05, 4.69) is 10.1 Å². The smallest absolute Gasteiger partial charge is 0.234 e. The zero-order valence-corrected chi connectivity index (χ0v) is 10.8. The van der Waals surface area contributed by atoms with Gasteiger partial charge in [0.1, 0.15) is 5.78 Å². The van der Waals surface area contributed by atoms with Crippen LogP contribution >= 0.6 is 0 Å². The first-order valence-electron chi connectivity index (χ1n) is 6.32. The summed E-state index contributed by atoms with van der Waals surface area (Å²) in [6, 6.07) is 0. The fourth-order valence-electron chi connectivity index (χ4n) is 2.09. The van der Waals surface area contributed by atoms with E-state index in [1.165, 1.54) is 12.8 Å². The lowest BCUT2D eigenvalue weighted by atomic mass is 9.89. The molecule has 1 aromatic heterocycles. The summed E-state index contributed by atoms with van der Waals surface area (Å²) in [5.74, 6) is 1.84. The third-order valence-corrected chi connectivity index (χ3v) is 3.35. The average Bonchev–Trinajstić information content (AvgIpc) is 2.83. The van der Waals surface area contributed by atoms with E-state index in [-0.39, 0.29) is 17.6 Å².